The molecule has 0 saturated carbocycles. The summed E-state index contributed by atoms with van der Waals surface area (Å²) in [5, 5.41) is 18.4. The number of cyclic esters (lactones) is 1. The topological polar surface area (TPSA) is 70.0 Å². The zero-order valence-electron chi connectivity index (χ0n) is 8.12. The molecule has 1 fully saturated rings. The molecule has 1 aromatic carbocycles. The SMILES string of the molecule is CC1[C@H](O)OC(=O)N1c1ccc(O)cc1. The van der Waals surface area contributed by atoms with Gasteiger partial charge in [0.1, 0.15) is 5.75 Å². The van der Waals surface area contributed by atoms with E-state index in [1.165, 1.54) is 17.0 Å². The average molecular weight is 209 g/mol. The van der Waals surface area contributed by atoms with Gasteiger partial charge in [-0.05, 0) is 31.2 Å². The molecule has 1 heterocycles. The number of carbonyl (C=O) groups is 1. The average Bonchev–Trinajstić information content (AvgIpc) is 2.44. The van der Waals surface area contributed by atoms with Crippen molar-refractivity contribution in [3.8, 4) is 5.75 Å². The fourth-order valence-electron chi connectivity index (χ4n) is 1.51. The van der Waals surface area contributed by atoms with Crippen LogP contribution in [0.3, 0.4) is 0 Å². The number of rotatable bonds is 1. The zero-order chi connectivity index (χ0) is 11.0. The Labute approximate surface area is 86.5 Å². The lowest BCUT2D eigenvalue weighted by atomic mass is 10.2. The maximum atomic E-state index is 11.4. The van der Waals surface area contributed by atoms with E-state index in [1.807, 2.05) is 0 Å². The van der Waals surface area contributed by atoms with Crippen molar-refractivity contribution in [3.63, 3.8) is 0 Å². The lowest BCUT2D eigenvalue weighted by Gasteiger charge is -2.18. The van der Waals surface area contributed by atoms with Crippen molar-refractivity contribution in [2.45, 2.75) is 19.3 Å². The summed E-state index contributed by atoms with van der Waals surface area (Å²) in [4.78, 5) is 12.7. The van der Waals surface area contributed by atoms with Crippen molar-refractivity contribution in [2.75, 3.05) is 4.90 Å². The minimum absolute atomic E-state index is 0.125. The van der Waals surface area contributed by atoms with Crippen LogP contribution < -0.4 is 4.90 Å². The maximum Gasteiger partial charge on any atom is 0.417 e. The van der Waals surface area contributed by atoms with Crippen LogP contribution in [0.4, 0.5) is 10.5 Å². The van der Waals surface area contributed by atoms with Crippen LogP contribution in [-0.2, 0) is 4.74 Å². The van der Waals surface area contributed by atoms with Crippen molar-refractivity contribution in [2.24, 2.45) is 0 Å². The lowest BCUT2D eigenvalue weighted by Crippen LogP contribution is -2.33. The standard InChI is InChI=1S/C10H11NO4/c1-6-9(13)15-10(14)11(6)7-2-4-8(12)5-3-7/h2-6,9,12-13H,1H3/t6?,9-/m1/s1. The van der Waals surface area contributed by atoms with E-state index >= 15 is 0 Å². The Balaban J connectivity index is 2.30. The second-order valence-electron chi connectivity index (χ2n) is 3.40. The molecule has 1 aliphatic rings. The Morgan fingerprint density at radius 2 is 1.93 bits per heavy atom. The Morgan fingerprint density at radius 1 is 1.33 bits per heavy atom. The van der Waals surface area contributed by atoms with Crippen LogP contribution in [-0.4, -0.2) is 28.6 Å². The predicted octanol–water partition coefficient (Wildman–Crippen LogP) is 1.06. The first kappa shape index (κ1) is 9.79. The molecule has 2 atom stereocenters. The van der Waals surface area contributed by atoms with E-state index in [-0.39, 0.29) is 5.75 Å². The first-order valence-corrected chi connectivity index (χ1v) is 4.56. The number of phenolic OH excluding ortho intramolecular Hbond substituents is 1. The fraction of sp³-hybridized carbons (Fsp3) is 0.300. The second-order valence-corrected chi connectivity index (χ2v) is 3.40. The molecule has 5 nitrogen and oxygen atoms in total. The summed E-state index contributed by atoms with van der Waals surface area (Å²) in [5.74, 6) is 0.125. The van der Waals surface area contributed by atoms with Crippen molar-refractivity contribution in [1.29, 1.82) is 0 Å². The van der Waals surface area contributed by atoms with Gasteiger partial charge in [0.05, 0.1) is 6.04 Å². The highest BCUT2D eigenvalue weighted by atomic mass is 16.7. The number of benzene rings is 1. The number of aliphatic hydroxyl groups is 1. The fourth-order valence-corrected chi connectivity index (χ4v) is 1.51. The van der Waals surface area contributed by atoms with Crippen molar-refractivity contribution < 1.29 is 19.7 Å². The highest BCUT2D eigenvalue weighted by Crippen LogP contribution is 2.26. The highest BCUT2D eigenvalue weighted by Gasteiger charge is 2.38. The summed E-state index contributed by atoms with van der Waals surface area (Å²) >= 11 is 0. The summed E-state index contributed by atoms with van der Waals surface area (Å²) in [6.45, 7) is 1.68. The number of hydrogen-bond acceptors (Lipinski definition) is 4. The Morgan fingerprint density at radius 3 is 2.40 bits per heavy atom. The van der Waals surface area contributed by atoms with Gasteiger partial charge in [-0.2, -0.15) is 0 Å². The maximum absolute atomic E-state index is 11.4. The van der Waals surface area contributed by atoms with Crippen LogP contribution in [0.5, 0.6) is 5.75 Å². The van der Waals surface area contributed by atoms with Gasteiger partial charge in [-0.25, -0.2) is 4.79 Å². The minimum atomic E-state index is -1.11. The molecule has 1 aromatic rings. The van der Waals surface area contributed by atoms with Crippen LogP contribution in [0.15, 0.2) is 24.3 Å². The Bertz CT molecular complexity index is 376. The summed E-state index contributed by atoms with van der Waals surface area (Å²) < 4.78 is 4.65. The zero-order valence-corrected chi connectivity index (χ0v) is 8.12. The number of hydrogen-bond donors (Lipinski definition) is 2. The van der Waals surface area contributed by atoms with Crippen LogP contribution in [0.25, 0.3) is 0 Å². The first-order chi connectivity index (χ1) is 7.09. The van der Waals surface area contributed by atoms with Gasteiger partial charge in [0, 0.05) is 5.69 Å². The van der Waals surface area contributed by atoms with Crippen LogP contribution in [0.1, 0.15) is 6.92 Å². The van der Waals surface area contributed by atoms with Gasteiger partial charge >= 0.3 is 6.09 Å². The molecule has 0 bridgehead atoms. The van der Waals surface area contributed by atoms with E-state index in [2.05, 4.69) is 4.74 Å². The van der Waals surface area contributed by atoms with E-state index in [0.717, 1.165) is 0 Å². The van der Waals surface area contributed by atoms with Crippen molar-refractivity contribution in [3.05, 3.63) is 24.3 Å². The van der Waals surface area contributed by atoms with E-state index in [4.69, 9.17) is 5.11 Å². The molecule has 1 saturated heterocycles. The monoisotopic (exact) mass is 209 g/mol. The number of aliphatic hydroxyl groups excluding tert-OH is 1. The van der Waals surface area contributed by atoms with Crippen LogP contribution in [0, 0.1) is 0 Å². The van der Waals surface area contributed by atoms with E-state index in [1.54, 1.807) is 19.1 Å². The van der Waals surface area contributed by atoms with Gasteiger partial charge in [0.2, 0.25) is 6.29 Å². The Hall–Kier alpha value is -1.75. The summed E-state index contributed by atoms with van der Waals surface area (Å²) in [6, 6.07) is 5.69. The number of amides is 1. The molecule has 1 aliphatic heterocycles. The first-order valence-electron chi connectivity index (χ1n) is 4.56. The number of aromatic hydroxyl groups is 1. The second kappa shape index (κ2) is 3.43. The van der Waals surface area contributed by atoms with Gasteiger partial charge in [0.15, 0.2) is 0 Å². The molecule has 0 spiro atoms. The number of phenols is 1. The van der Waals surface area contributed by atoms with Crippen molar-refractivity contribution >= 4 is 11.8 Å². The summed E-state index contributed by atoms with van der Waals surface area (Å²) in [7, 11) is 0. The third-order valence-electron chi connectivity index (χ3n) is 2.37. The normalized spacial score (nSPS) is 25.5. The third kappa shape index (κ3) is 1.61. The molecule has 0 radical (unpaired) electrons. The van der Waals surface area contributed by atoms with E-state index in [0.29, 0.717) is 5.69 Å². The largest absolute Gasteiger partial charge is 0.508 e. The summed E-state index contributed by atoms with van der Waals surface area (Å²) in [5.41, 5.74) is 0.585. The van der Waals surface area contributed by atoms with Gasteiger partial charge in [-0.15, -0.1) is 0 Å². The molecule has 15 heavy (non-hydrogen) atoms. The molecular weight excluding hydrogens is 198 g/mol. The van der Waals surface area contributed by atoms with Crippen LogP contribution >= 0.6 is 0 Å². The third-order valence-corrected chi connectivity index (χ3v) is 2.37. The van der Waals surface area contributed by atoms with Crippen LogP contribution in [0.2, 0.25) is 0 Å². The molecule has 5 heteroatoms. The summed E-state index contributed by atoms with van der Waals surface area (Å²) in [6.07, 6.45) is -1.69. The number of ether oxygens (including phenoxy) is 1. The molecule has 1 amide bonds. The van der Waals surface area contributed by atoms with Gasteiger partial charge in [-0.3, -0.25) is 4.90 Å². The quantitative estimate of drug-likeness (QED) is 0.725. The molecule has 0 aromatic heterocycles. The predicted molar refractivity (Wildman–Crippen MR) is 52.5 cm³/mol. The molecular formula is C10H11NO4. The smallest absolute Gasteiger partial charge is 0.417 e. The minimum Gasteiger partial charge on any atom is -0.508 e. The van der Waals surface area contributed by atoms with Gasteiger partial charge in [0.25, 0.3) is 0 Å². The molecule has 2 N–H and O–H groups in total. The van der Waals surface area contributed by atoms with Gasteiger partial charge < -0.3 is 14.9 Å². The lowest BCUT2D eigenvalue weighted by molar-refractivity contribution is -0.0312. The number of anilines is 1. The number of carbonyl (C=O) groups excluding carboxylic acids is 1. The number of nitrogens with zero attached hydrogens (tertiary/aromatic N) is 1. The molecule has 0 aliphatic carbocycles. The van der Waals surface area contributed by atoms with E-state index < -0.39 is 18.4 Å². The Kier molecular flexibility index (Phi) is 2.24. The highest BCUT2D eigenvalue weighted by molar-refractivity contribution is 5.90. The molecule has 1 unspecified atom stereocenters. The molecule has 80 valence electrons. The van der Waals surface area contributed by atoms with Crippen molar-refractivity contribution in [1.82, 2.24) is 0 Å². The van der Waals surface area contributed by atoms with Gasteiger partial charge in [-0.1, -0.05) is 0 Å². The molecule has 2 rings (SSSR count). The van der Waals surface area contributed by atoms with E-state index in [9.17, 15) is 9.90 Å².